The summed E-state index contributed by atoms with van der Waals surface area (Å²) in [5.74, 6) is 0.714. The van der Waals surface area contributed by atoms with Crippen molar-refractivity contribution in [1.29, 1.82) is 0 Å². The Bertz CT molecular complexity index is 1330. The Hall–Kier alpha value is -3.38. The molecule has 3 aromatic rings. The summed E-state index contributed by atoms with van der Waals surface area (Å²) >= 11 is 0. The highest BCUT2D eigenvalue weighted by Crippen LogP contribution is 2.49. The van der Waals surface area contributed by atoms with Gasteiger partial charge >= 0.3 is 6.09 Å². The molecule has 0 aromatic heterocycles. The van der Waals surface area contributed by atoms with Crippen molar-refractivity contribution >= 4 is 6.09 Å². The van der Waals surface area contributed by atoms with Crippen LogP contribution in [-0.2, 0) is 10.3 Å². The molecule has 1 amide bonds. The molecule has 3 aromatic carbocycles. The maximum absolute atomic E-state index is 14.3. The molecule has 5 nitrogen and oxygen atoms in total. The number of hydrogen-bond acceptors (Lipinski definition) is 4. The average Bonchev–Trinajstić information content (AvgIpc) is 3.64. The van der Waals surface area contributed by atoms with Crippen molar-refractivity contribution in [2.45, 2.75) is 62.1 Å². The number of rotatable bonds is 6. The maximum Gasteiger partial charge on any atom is 0.410 e. The molecule has 2 bridgehead atoms. The summed E-state index contributed by atoms with van der Waals surface area (Å²) in [6.07, 6.45) is 4.26. The summed E-state index contributed by atoms with van der Waals surface area (Å²) in [7, 11) is 0. The first kappa shape index (κ1) is 23.7. The molecule has 3 fully saturated rings. The molecular weight excluding hydrogens is 481 g/mol. The second-order valence-electron chi connectivity index (χ2n) is 11.4. The Morgan fingerprint density at radius 3 is 2.16 bits per heavy atom. The van der Waals surface area contributed by atoms with Gasteiger partial charge in [0.2, 0.25) is 0 Å². The van der Waals surface area contributed by atoms with Crippen LogP contribution in [0.1, 0.15) is 61.1 Å². The van der Waals surface area contributed by atoms with Gasteiger partial charge in [-0.15, -0.1) is 0 Å². The fraction of sp³-hybridized carbons (Fsp3) is 0.406. The number of amides is 1. The lowest BCUT2D eigenvalue weighted by atomic mass is 9.80. The van der Waals surface area contributed by atoms with Crippen LogP contribution in [0.5, 0.6) is 5.75 Å². The molecule has 1 saturated carbocycles. The largest absolute Gasteiger partial charge is 0.493 e. The molecule has 6 heteroatoms. The lowest BCUT2D eigenvalue weighted by Crippen LogP contribution is -2.52. The van der Waals surface area contributed by atoms with Crippen molar-refractivity contribution in [3.63, 3.8) is 0 Å². The van der Waals surface area contributed by atoms with E-state index in [1.807, 2.05) is 29.2 Å². The van der Waals surface area contributed by atoms with Gasteiger partial charge < -0.3 is 19.5 Å². The average molecular weight is 514 g/mol. The second-order valence-corrected chi connectivity index (χ2v) is 11.4. The molecule has 1 N–H and O–H groups in total. The van der Waals surface area contributed by atoms with Crippen LogP contribution in [0.3, 0.4) is 0 Å². The monoisotopic (exact) mass is 513 g/mol. The summed E-state index contributed by atoms with van der Waals surface area (Å²) in [4.78, 5) is 15.3. The van der Waals surface area contributed by atoms with E-state index in [0.29, 0.717) is 36.7 Å². The van der Waals surface area contributed by atoms with Gasteiger partial charge in [0, 0.05) is 36.4 Å². The minimum Gasteiger partial charge on any atom is -0.493 e. The van der Waals surface area contributed by atoms with Crippen molar-refractivity contribution in [3.8, 4) is 16.9 Å². The molecule has 2 aliphatic heterocycles. The summed E-state index contributed by atoms with van der Waals surface area (Å²) in [5.41, 5.74) is 4.02. The van der Waals surface area contributed by atoms with Crippen LogP contribution in [0.2, 0.25) is 0 Å². The lowest BCUT2D eigenvalue weighted by Gasteiger charge is -2.43. The van der Waals surface area contributed by atoms with Gasteiger partial charge in [0.05, 0.1) is 12.2 Å². The van der Waals surface area contributed by atoms with E-state index in [9.17, 15) is 14.3 Å². The van der Waals surface area contributed by atoms with Crippen molar-refractivity contribution < 1.29 is 23.8 Å². The van der Waals surface area contributed by atoms with Crippen LogP contribution < -0.4 is 4.74 Å². The molecule has 2 aliphatic carbocycles. The molecule has 2 unspecified atom stereocenters. The van der Waals surface area contributed by atoms with Gasteiger partial charge in [0.1, 0.15) is 18.2 Å². The number of piperidine rings is 1. The summed E-state index contributed by atoms with van der Waals surface area (Å²) < 4.78 is 26.3. The van der Waals surface area contributed by atoms with E-state index in [2.05, 4.69) is 24.3 Å². The number of hydrogen-bond donors (Lipinski definition) is 1. The number of carbonyl (C=O) groups excluding carboxylic acids is 1. The molecule has 2 heterocycles. The number of carbonyl (C=O) groups is 1. The van der Waals surface area contributed by atoms with Crippen molar-refractivity contribution in [3.05, 3.63) is 89.2 Å². The molecule has 0 spiro atoms. The van der Waals surface area contributed by atoms with E-state index in [1.165, 1.54) is 34.4 Å². The fourth-order valence-electron chi connectivity index (χ4n) is 6.90. The van der Waals surface area contributed by atoms with Crippen molar-refractivity contribution in [2.24, 2.45) is 5.92 Å². The third kappa shape index (κ3) is 4.06. The number of aliphatic hydroxyl groups is 1. The van der Waals surface area contributed by atoms with Crippen molar-refractivity contribution in [2.75, 3.05) is 13.2 Å². The molecule has 38 heavy (non-hydrogen) atoms. The fourth-order valence-corrected chi connectivity index (χ4v) is 6.90. The first-order chi connectivity index (χ1) is 18.5. The van der Waals surface area contributed by atoms with Crippen LogP contribution in [0.15, 0.2) is 66.7 Å². The maximum atomic E-state index is 14.3. The van der Waals surface area contributed by atoms with E-state index < -0.39 is 11.4 Å². The van der Waals surface area contributed by atoms with E-state index >= 15 is 0 Å². The Morgan fingerprint density at radius 2 is 1.53 bits per heavy atom. The zero-order chi connectivity index (χ0) is 25.9. The molecule has 4 aliphatic rings. The number of fused-ring (bicyclic) bond motifs is 5. The van der Waals surface area contributed by atoms with E-state index in [1.54, 1.807) is 6.07 Å². The van der Waals surface area contributed by atoms with Crippen LogP contribution in [0.4, 0.5) is 9.18 Å². The molecule has 196 valence electrons. The molecule has 2 atom stereocenters. The summed E-state index contributed by atoms with van der Waals surface area (Å²) in [6, 6.07) is 20.7. The Morgan fingerprint density at radius 1 is 0.895 bits per heavy atom. The first-order valence-corrected chi connectivity index (χ1v) is 13.8. The van der Waals surface area contributed by atoms with E-state index in [4.69, 9.17) is 9.47 Å². The predicted molar refractivity (Wildman–Crippen MR) is 141 cm³/mol. The number of halogens is 1. The molecule has 2 saturated heterocycles. The normalized spacial score (nSPS) is 25.7. The van der Waals surface area contributed by atoms with Gasteiger partial charge in [-0.25, -0.2) is 9.18 Å². The third-order valence-corrected chi connectivity index (χ3v) is 8.93. The minimum absolute atomic E-state index is 0.00388. The third-order valence-electron chi connectivity index (χ3n) is 8.93. The van der Waals surface area contributed by atoms with Gasteiger partial charge in [-0.2, -0.15) is 0 Å². The molecular formula is C32H32FNO4. The highest BCUT2D eigenvalue weighted by Gasteiger charge is 2.51. The highest BCUT2D eigenvalue weighted by molar-refractivity contribution is 5.79. The van der Waals surface area contributed by atoms with E-state index in [-0.39, 0.29) is 30.7 Å². The van der Waals surface area contributed by atoms with Gasteiger partial charge in [-0.05, 0) is 72.1 Å². The zero-order valence-corrected chi connectivity index (χ0v) is 21.3. The number of nitrogens with zero attached hydrogens (tertiary/aromatic N) is 1. The van der Waals surface area contributed by atoms with Gasteiger partial charge in [-0.1, -0.05) is 48.5 Å². The van der Waals surface area contributed by atoms with Crippen molar-refractivity contribution in [1.82, 2.24) is 4.90 Å². The number of benzene rings is 3. The predicted octanol–water partition coefficient (Wildman–Crippen LogP) is 6.38. The van der Waals surface area contributed by atoms with Gasteiger partial charge in [-0.3, -0.25) is 0 Å². The van der Waals surface area contributed by atoms with Gasteiger partial charge in [0.25, 0.3) is 0 Å². The quantitative estimate of drug-likeness (QED) is 0.416. The topological polar surface area (TPSA) is 59.0 Å². The molecule has 7 rings (SSSR count). The summed E-state index contributed by atoms with van der Waals surface area (Å²) in [5, 5.41) is 11.8. The SMILES string of the molecule is O=C(OCC1c2ccccc2-c2ccccc21)N1C2CCC1CC(O)(c1cc(F)ccc1OCC1CC1)C2. The minimum atomic E-state index is -1.24. The van der Waals surface area contributed by atoms with Crippen LogP contribution >= 0.6 is 0 Å². The highest BCUT2D eigenvalue weighted by atomic mass is 19.1. The van der Waals surface area contributed by atoms with Crippen LogP contribution in [-0.4, -0.2) is 41.4 Å². The first-order valence-electron chi connectivity index (χ1n) is 13.8. The smallest absolute Gasteiger partial charge is 0.410 e. The zero-order valence-electron chi connectivity index (χ0n) is 21.3. The second kappa shape index (κ2) is 9.12. The molecule has 0 radical (unpaired) electrons. The Kier molecular flexibility index (Phi) is 5.69. The Labute approximate surface area is 222 Å². The Balaban J connectivity index is 1.08. The number of ether oxygens (including phenoxy) is 2. The van der Waals surface area contributed by atoms with Gasteiger partial charge in [0.15, 0.2) is 0 Å². The van der Waals surface area contributed by atoms with Crippen LogP contribution in [0, 0.1) is 11.7 Å². The summed E-state index contributed by atoms with van der Waals surface area (Å²) in [6.45, 7) is 0.865. The van der Waals surface area contributed by atoms with Crippen LogP contribution in [0.25, 0.3) is 11.1 Å². The lowest BCUT2D eigenvalue weighted by molar-refractivity contribution is -0.0547. The van der Waals surface area contributed by atoms with E-state index in [0.717, 1.165) is 25.7 Å². The standard InChI is InChI=1S/C32H32FNO4/c33-21-11-14-30(37-18-20-9-10-20)29(15-21)32(36)16-22-12-13-23(17-32)34(22)31(35)38-19-28-26-7-3-1-5-24(26)25-6-2-4-8-27(25)28/h1-8,11,14-15,20,22-23,28,36H,9-10,12-13,16-19H2.